The highest BCUT2D eigenvalue weighted by Gasteiger charge is 2.52. The van der Waals surface area contributed by atoms with E-state index in [0.29, 0.717) is 26.4 Å². The molecule has 8 nitrogen and oxygen atoms in total. The van der Waals surface area contributed by atoms with Crippen LogP contribution in [0, 0.1) is 5.92 Å². The summed E-state index contributed by atoms with van der Waals surface area (Å²) in [6, 6.07) is 13.9. The van der Waals surface area contributed by atoms with Crippen molar-refractivity contribution in [2.24, 2.45) is 5.92 Å². The number of thioether (sulfide) groups is 1. The molecule has 3 heterocycles. The Morgan fingerprint density at radius 1 is 1.09 bits per heavy atom. The molecule has 11 heteroatoms. The third-order valence-corrected chi connectivity index (χ3v) is 8.66. The Kier molecular flexibility index (Phi) is 5.97. The van der Waals surface area contributed by atoms with Crippen LogP contribution in [-0.4, -0.2) is 34.6 Å². The summed E-state index contributed by atoms with van der Waals surface area (Å²) in [5, 5.41) is 5.57. The lowest BCUT2D eigenvalue weighted by molar-refractivity contribution is -0.126. The number of halogens is 1. The average molecular weight is 516 g/mol. The van der Waals surface area contributed by atoms with Crippen LogP contribution >= 0.6 is 34.7 Å². The Labute approximate surface area is 207 Å². The summed E-state index contributed by atoms with van der Waals surface area (Å²) in [4.78, 5) is 51.3. The van der Waals surface area contributed by atoms with Gasteiger partial charge in [0, 0.05) is 21.5 Å². The summed E-state index contributed by atoms with van der Waals surface area (Å²) in [5.74, 6) is -1.62. The van der Waals surface area contributed by atoms with Crippen molar-refractivity contribution < 1.29 is 19.1 Å². The lowest BCUT2D eigenvalue weighted by Gasteiger charge is -2.30. The molecule has 0 spiro atoms. The van der Waals surface area contributed by atoms with Crippen LogP contribution in [0.1, 0.15) is 16.4 Å². The third-order valence-electron chi connectivity index (χ3n) is 5.79. The van der Waals surface area contributed by atoms with E-state index in [1.807, 2.05) is 0 Å². The topological polar surface area (TPSA) is 106 Å². The fraction of sp³-hybridized carbons (Fsp3) is 0.217. The predicted octanol–water partition coefficient (Wildman–Crippen LogP) is 3.09. The Morgan fingerprint density at radius 3 is 2.47 bits per heavy atom. The fourth-order valence-corrected chi connectivity index (χ4v) is 7.09. The molecule has 3 amide bonds. The molecular weight excluding hydrogens is 498 g/mol. The Hall–Kier alpha value is -3.08. The maximum atomic E-state index is 13.0. The molecule has 2 aliphatic rings. The molecule has 0 radical (unpaired) electrons. The van der Waals surface area contributed by atoms with E-state index in [2.05, 4.69) is 10.6 Å². The van der Waals surface area contributed by atoms with Gasteiger partial charge >= 0.3 is 4.87 Å². The Bertz CT molecular complexity index is 1350. The zero-order valence-electron chi connectivity index (χ0n) is 17.7. The number of benzene rings is 2. The second-order valence-corrected chi connectivity index (χ2v) is 10.4. The van der Waals surface area contributed by atoms with Crippen LogP contribution < -0.4 is 20.2 Å². The average Bonchev–Trinajstić information content (AvgIpc) is 3.28. The first-order valence-corrected chi connectivity index (χ1v) is 12.4. The van der Waals surface area contributed by atoms with Crippen LogP contribution in [0.3, 0.4) is 0 Å². The summed E-state index contributed by atoms with van der Waals surface area (Å²) in [6.07, 6.45) is 0. The van der Waals surface area contributed by atoms with Crippen molar-refractivity contribution in [1.82, 2.24) is 9.88 Å². The normalized spacial score (nSPS) is 20.9. The van der Waals surface area contributed by atoms with Gasteiger partial charge in [0.25, 0.3) is 0 Å². The summed E-state index contributed by atoms with van der Waals surface area (Å²) in [7, 11) is 1.55. The molecule has 1 saturated heterocycles. The van der Waals surface area contributed by atoms with Crippen LogP contribution in [0.2, 0.25) is 5.02 Å². The molecule has 2 aliphatic heterocycles. The van der Waals surface area contributed by atoms with Gasteiger partial charge in [-0.2, -0.15) is 0 Å². The zero-order valence-corrected chi connectivity index (χ0v) is 20.1. The summed E-state index contributed by atoms with van der Waals surface area (Å²) < 4.78 is 6.49. The second-order valence-electron chi connectivity index (χ2n) is 7.85. The number of thiazole rings is 1. The van der Waals surface area contributed by atoms with E-state index < -0.39 is 23.0 Å². The SMILES string of the molecule is COc1ccc(NC(=O)Cn2c3c(sc2=O)C(c2ccc(Cl)cc2)C2C(=O)NC(=O)C2S3)cc1. The van der Waals surface area contributed by atoms with E-state index in [1.54, 1.807) is 55.6 Å². The molecule has 2 aromatic carbocycles. The van der Waals surface area contributed by atoms with Crippen molar-refractivity contribution in [3.05, 3.63) is 73.7 Å². The molecule has 174 valence electrons. The first-order valence-electron chi connectivity index (χ1n) is 10.3. The minimum atomic E-state index is -0.689. The number of carbonyl (C=O) groups is 3. The van der Waals surface area contributed by atoms with Gasteiger partial charge in [0.15, 0.2) is 0 Å². The largest absolute Gasteiger partial charge is 0.497 e. The predicted molar refractivity (Wildman–Crippen MR) is 130 cm³/mol. The van der Waals surface area contributed by atoms with Gasteiger partial charge in [0.05, 0.1) is 18.1 Å². The number of methoxy groups -OCH3 is 1. The van der Waals surface area contributed by atoms with E-state index in [-0.39, 0.29) is 23.2 Å². The molecule has 3 aromatic rings. The van der Waals surface area contributed by atoms with E-state index >= 15 is 0 Å². The number of anilines is 1. The molecule has 2 N–H and O–H groups in total. The molecule has 1 fully saturated rings. The minimum absolute atomic E-state index is 0.218. The summed E-state index contributed by atoms with van der Waals surface area (Å²) in [5.41, 5.74) is 1.34. The highest BCUT2D eigenvalue weighted by Crippen LogP contribution is 2.51. The van der Waals surface area contributed by atoms with Crippen LogP contribution in [-0.2, 0) is 20.9 Å². The van der Waals surface area contributed by atoms with Gasteiger partial charge in [-0.1, -0.05) is 46.8 Å². The van der Waals surface area contributed by atoms with Gasteiger partial charge in [-0.05, 0) is 42.0 Å². The zero-order chi connectivity index (χ0) is 24.0. The molecule has 0 saturated carbocycles. The number of imide groups is 1. The van der Waals surface area contributed by atoms with Gasteiger partial charge in [-0.3, -0.25) is 29.1 Å². The quantitative estimate of drug-likeness (QED) is 0.506. The summed E-state index contributed by atoms with van der Waals surface area (Å²) in [6.45, 7) is -0.218. The Morgan fingerprint density at radius 2 is 1.79 bits per heavy atom. The van der Waals surface area contributed by atoms with Crippen LogP contribution in [0.4, 0.5) is 5.69 Å². The number of amides is 3. The lowest BCUT2D eigenvalue weighted by atomic mass is 9.83. The third kappa shape index (κ3) is 4.02. The number of aromatic nitrogens is 1. The summed E-state index contributed by atoms with van der Waals surface area (Å²) >= 11 is 8.20. The minimum Gasteiger partial charge on any atom is -0.497 e. The van der Waals surface area contributed by atoms with Gasteiger partial charge in [0.1, 0.15) is 17.5 Å². The number of ether oxygens (including phenoxy) is 1. The monoisotopic (exact) mass is 515 g/mol. The van der Waals surface area contributed by atoms with E-state index in [9.17, 15) is 19.2 Å². The van der Waals surface area contributed by atoms with Crippen LogP contribution in [0.5, 0.6) is 5.75 Å². The molecule has 0 aliphatic carbocycles. The second kappa shape index (κ2) is 8.94. The fourth-order valence-electron chi connectivity index (χ4n) is 4.22. The van der Waals surface area contributed by atoms with Crippen molar-refractivity contribution in [1.29, 1.82) is 0 Å². The molecule has 0 bridgehead atoms. The maximum absolute atomic E-state index is 13.0. The molecule has 3 atom stereocenters. The first kappa shape index (κ1) is 22.7. The number of rotatable bonds is 5. The van der Waals surface area contributed by atoms with Crippen LogP contribution in [0.25, 0.3) is 0 Å². The van der Waals surface area contributed by atoms with Gasteiger partial charge < -0.3 is 10.1 Å². The molecule has 5 rings (SSSR count). The molecule has 1 aromatic heterocycles. The van der Waals surface area contributed by atoms with Gasteiger partial charge in [-0.25, -0.2) is 0 Å². The van der Waals surface area contributed by atoms with E-state index in [1.165, 1.54) is 4.57 Å². The highest BCUT2D eigenvalue weighted by atomic mass is 35.5. The van der Waals surface area contributed by atoms with E-state index in [4.69, 9.17) is 16.3 Å². The number of fused-ring (bicyclic) bond motifs is 2. The number of nitrogens with one attached hydrogen (secondary N) is 2. The van der Waals surface area contributed by atoms with Crippen molar-refractivity contribution in [2.45, 2.75) is 22.7 Å². The van der Waals surface area contributed by atoms with Crippen molar-refractivity contribution in [3.8, 4) is 5.75 Å². The maximum Gasteiger partial charge on any atom is 0.308 e. The highest BCUT2D eigenvalue weighted by molar-refractivity contribution is 8.00. The van der Waals surface area contributed by atoms with Crippen molar-refractivity contribution >= 4 is 58.1 Å². The van der Waals surface area contributed by atoms with Gasteiger partial charge in [-0.15, -0.1) is 0 Å². The number of hydrogen-bond acceptors (Lipinski definition) is 7. The molecule has 34 heavy (non-hydrogen) atoms. The van der Waals surface area contributed by atoms with E-state index in [0.717, 1.165) is 28.7 Å². The number of nitrogens with zero attached hydrogens (tertiary/aromatic N) is 1. The Balaban J connectivity index is 1.49. The van der Waals surface area contributed by atoms with Crippen molar-refractivity contribution in [3.63, 3.8) is 0 Å². The lowest BCUT2D eigenvalue weighted by Crippen LogP contribution is -2.32. The van der Waals surface area contributed by atoms with Crippen molar-refractivity contribution in [2.75, 3.05) is 12.4 Å². The molecular formula is C23H18ClN3O5S2. The van der Waals surface area contributed by atoms with Gasteiger partial charge in [0.2, 0.25) is 17.7 Å². The standard InChI is InChI=1S/C23H18ClN3O5S2/c1-32-14-8-6-13(7-9-14)25-15(28)10-27-22-19(34-23(27)31)16(11-2-4-12(24)5-3-11)17-18(33-22)21(30)26-20(17)29/h2-9,16-18H,10H2,1H3,(H,25,28)(H,26,29,30). The first-order chi connectivity index (χ1) is 16.4. The molecule has 3 unspecified atom stereocenters. The van der Waals surface area contributed by atoms with Crippen LogP contribution in [0.15, 0.2) is 58.4 Å². The number of carbonyl (C=O) groups excluding carboxylic acids is 3. The smallest absolute Gasteiger partial charge is 0.308 e. The number of hydrogen-bond donors (Lipinski definition) is 2.